The number of rotatable bonds is 5. The standard InChI is InChI=1S/C11H14O4/c1-2-11(14,10(12)13)15-8-9-6-4-3-5-7-9/h3-7,14H,2,8H2,1H3,(H,12,13)/t11-/m0/s1. The first-order valence-corrected chi connectivity index (χ1v) is 4.72. The maximum Gasteiger partial charge on any atom is 0.364 e. The average molecular weight is 210 g/mol. The molecule has 0 saturated carbocycles. The van der Waals surface area contributed by atoms with Gasteiger partial charge in [-0.3, -0.25) is 0 Å². The highest BCUT2D eigenvalue weighted by Gasteiger charge is 2.35. The molecule has 0 saturated heterocycles. The summed E-state index contributed by atoms with van der Waals surface area (Å²) in [6.07, 6.45) is 0.00909. The minimum Gasteiger partial charge on any atom is -0.477 e. The molecule has 1 atom stereocenters. The fourth-order valence-electron chi connectivity index (χ4n) is 1.09. The Kier molecular flexibility index (Phi) is 3.82. The SMILES string of the molecule is CC[C@](O)(OCc1ccccc1)C(=O)O. The van der Waals surface area contributed by atoms with E-state index in [2.05, 4.69) is 0 Å². The van der Waals surface area contributed by atoms with Crippen LogP contribution >= 0.6 is 0 Å². The number of benzene rings is 1. The minimum absolute atomic E-state index is 0.00909. The summed E-state index contributed by atoms with van der Waals surface area (Å²) in [6, 6.07) is 9.11. The Labute approximate surface area is 88.1 Å². The molecular weight excluding hydrogens is 196 g/mol. The number of carbonyl (C=O) groups is 1. The second kappa shape index (κ2) is 4.91. The maximum atomic E-state index is 10.7. The summed E-state index contributed by atoms with van der Waals surface area (Å²) in [5, 5.41) is 18.3. The van der Waals surface area contributed by atoms with Crippen molar-refractivity contribution in [2.24, 2.45) is 0 Å². The summed E-state index contributed by atoms with van der Waals surface area (Å²) in [7, 11) is 0. The average Bonchev–Trinajstić information content (AvgIpc) is 2.27. The molecule has 0 bridgehead atoms. The second-order valence-electron chi connectivity index (χ2n) is 3.22. The van der Waals surface area contributed by atoms with Crippen LogP contribution in [0.2, 0.25) is 0 Å². The van der Waals surface area contributed by atoms with Crippen LogP contribution < -0.4 is 0 Å². The molecule has 1 aromatic carbocycles. The molecule has 82 valence electrons. The van der Waals surface area contributed by atoms with E-state index in [-0.39, 0.29) is 13.0 Å². The van der Waals surface area contributed by atoms with Gasteiger partial charge in [-0.15, -0.1) is 0 Å². The zero-order chi connectivity index (χ0) is 11.3. The molecule has 0 heterocycles. The van der Waals surface area contributed by atoms with Crippen molar-refractivity contribution in [2.75, 3.05) is 0 Å². The van der Waals surface area contributed by atoms with Crippen LogP contribution in [0.3, 0.4) is 0 Å². The highest BCUT2D eigenvalue weighted by Crippen LogP contribution is 2.15. The molecular formula is C11H14O4. The minimum atomic E-state index is -2.09. The van der Waals surface area contributed by atoms with Gasteiger partial charge in [0.15, 0.2) is 0 Å². The molecule has 0 amide bonds. The molecule has 2 N–H and O–H groups in total. The van der Waals surface area contributed by atoms with Crippen LogP contribution in [-0.2, 0) is 16.1 Å². The van der Waals surface area contributed by atoms with Crippen molar-refractivity contribution in [3.8, 4) is 0 Å². The van der Waals surface area contributed by atoms with Gasteiger partial charge in [0.2, 0.25) is 0 Å². The number of aliphatic carboxylic acids is 1. The van der Waals surface area contributed by atoms with Gasteiger partial charge >= 0.3 is 5.97 Å². The molecule has 4 heteroatoms. The van der Waals surface area contributed by atoms with Crippen molar-refractivity contribution in [1.29, 1.82) is 0 Å². The molecule has 0 aliphatic carbocycles. The predicted molar refractivity (Wildman–Crippen MR) is 54.1 cm³/mol. The van der Waals surface area contributed by atoms with E-state index < -0.39 is 11.8 Å². The van der Waals surface area contributed by atoms with Gasteiger partial charge in [-0.2, -0.15) is 0 Å². The van der Waals surface area contributed by atoms with Gasteiger partial charge in [0.25, 0.3) is 5.79 Å². The molecule has 0 aromatic heterocycles. The molecule has 0 aliphatic rings. The van der Waals surface area contributed by atoms with Crippen LogP contribution in [0.15, 0.2) is 30.3 Å². The van der Waals surface area contributed by atoms with Gasteiger partial charge in [0.05, 0.1) is 6.61 Å². The first kappa shape index (κ1) is 11.7. The van der Waals surface area contributed by atoms with Crippen LogP contribution in [0, 0.1) is 0 Å². The molecule has 0 spiro atoms. The van der Waals surface area contributed by atoms with E-state index in [0.29, 0.717) is 0 Å². The van der Waals surface area contributed by atoms with Crippen molar-refractivity contribution in [1.82, 2.24) is 0 Å². The van der Waals surface area contributed by atoms with Crippen LogP contribution in [0.4, 0.5) is 0 Å². The molecule has 0 unspecified atom stereocenters. The number of ether oxygens (including phenoxy) is 1. The zero-order valence-corrected chi connectivity index (χ0v) is 8.51. The topological polar surface area (TPSA) is 66.8 Å². The number of carboxylic acids is 1. The van der Waals surface area contributed by atoms with Crippen LogP contribution in [-0.4, -0.2) is 22.0 Å². The number of aliphatic hydroxyl groups is 1. The molecule has 0 radical (unpaired) electrons. The molecule has 0 fully saturated rings. The molecule has 4 nitrogen and oxygen atoms in total. The van der Waals surface area contributed by atoms with Crippen molar-refractivity contribution < 1.29 is 19.7 Å². The fraction of sp³-hybridized carbons (Fsp3) is 0.364. The summed E-state index contributed by atoms with van der Waals surface area (Å²) in [4.78, 5) is 10.7. The Bertz CT molecular complexity index is 323. The Morgan fingerprint density at radius 2 is 2.00 bits per heavy atom. The highest BCUT2D eigenvalue weighted by molar-refractivity contribution is 5.75. The van der Waals surface area contributed by atoms with Crippen LogP contribution in [0.1, 0.15) is 18.9 Å². The van der Waals surface area contributed by atoms with Crippen molar-refractivity contribution >= 4 is 5.97 Å². The van der Waals surface area contributed by atoms with Gasteiger partial charge in [-0.1, -0.05) is 37.3 Å². The lowest BCUT2D eigenvalue weighted by atomic mass is 10.2. The lowest BCUT2D eigenvalue weighted by molar-refractivity contribution is -0.228. The van der Waals surface area contributed by atoms with Gasteiger partial charge < -0.3 is 14.9 Å². The van der Waals surface area contributed by atoms with Crippen LogP contribution in [0.25, 0.3) is 0 Å². The molecule has 0 aliphatic heterocycles. The van der Waals surface area contributed by atoms with E-state index in [1.54, 1.807) is 19.1 Å². The third kappa shape index (κ3) is 3.04. The van der Waals surface area contributed by atoms with E-state index in [1.807, 2.05) is 18.2 Å². The second-order valence-corrected chi connectivity index (χ2v) is 3.22. The smallest absolute Gasteiger partial charge is 0.364 e. The zero-order valence-electron chi connectivity index (χ0n) is 8.51. The van der Waals surface area contributed by atoms with E-state index in [0.717, 1.165) is 5.56 Å². The Hall–Kier alpha value is -1.39. The van der Waals surface area contributed by atoms with E-state index in [9.17, 15) is 9.90 Å². The molecule has 1 rings (SSSR count). The van der Waals surface area contributed by atoms with Gasteiger partial charge in [-0.05, 0) is 5.56 Å². The lowest BCUT2D eigenvalue weighted by Crippen LogP contribution is -2.40. The number of carboxylic acid groups (broad SMARTS) is 1. The van der Waals surface area contributed by atoms with E-state index in [1.165, 1.54) is 0 Å². The van der Waals surface area contributed by atoms with E-state index >= 15 is 0 Å². The Balaban J connectivity index is 2.59. The normalized spacial score (nSPS) is 14.5. The largest absolute Gasteiger partial charge is 0.477 e. The summed E-state index contributed by atoms with van der Waals surface area (Å²) in [5.74, 6) is -3.45. The summed E-state index contributed by atoms with van der Waals surface area (Å²) < 4.78 is 4.98. The predicted octanol–water partition coefficient (Wildman–Crippen LogP) is 1.39. The molecule has 1 aromatic rings. The van der Waals surface area contributed by atoms with Crippen molar-refractivity contribution in [2.45, 2.75) is 25.7 Å². The third-order valence-electron chi connectivity index (χ3n) is 2.13. The molecule has 15 heavy (non-hydrogen) atoms. The Morgan fingerprint density at radius 3 is 2.47 bits per heavy atom. The number of hydrogen-bond donors (Lipinski definition) is 2. The highest BCUT2D eigenvalue weighted by atomic mass is 16.6. The van der Waals surface area contributed by atoms with Gasteiger partial charge in [0.1, 0.15) is 0 Å². The third-order valence-corrected chi connectivity index (χ3v) is 2.13. The van der Waals surface area contributed by atoms with Crippen LogP contribution in [0.5, 0.6) is 0 Å². The van der Waals surface area contributed by atoms with Gasteiger partial charge in [0, 0.05) is 6.42 Å². The maximum absolute atomic E-state index is 10.7. The first-order valence-electron chi connectivity index (χ1n) is 4.72. The number of hydrogen-bond acceptors (Lipinski definition) is 3. The van der Waals surface area contributed by atoms with E-state index in [4.69, 9.17) is 9.84 Å². The fourth-order valence-corrected chi connectivity index (χ4v) is 1.09. The van der Waals surface area contributed by atoms with Crippen molar-refractivity contribution in [3.05, 3.63) is 35.9 Å². The first-order chi connectivity index (χ1) is 7.08. The van der Waals surface area contributed by atoms with Gasteiger partial charge in [-0.25, -0.2) is 4.79 Å². The monoisotopic (exact) mass is 210 g/mol. The lowest BCUT2D eigenvalue weighted by Gasteiger charge is -2.21. The summed E-state index contributed by atoms with van der Waals surface area (Å²) in [6.45, 7) is 1.64. The van der Waals surface area contributed by atoms with Crippen molar-refractivity contribution in [3.63, 3.8) is 0 Å². The Morgan fingerprint density at radius 1 is 1.40 bits per heavy atom. The summed E-state index contributed by atoms with van der Waals surface area (Å²) >= 11 is 0. The summed E-state index contributed by atoms with van der Waals surface area (Å²) in [5.41, 5.74) is 0.825. The quantitative estimate of drug-likeness (QED) is 0.720.